The molecule has 0 aliphatic heterocycles. The molecule has 0 unspecified atom stereocenters. The summed E-state index contributed by atoms with van der Waals surface area (Å²) in [5.41, 5.74) is 8.59. The van der Waals surface area contributed by atoms with E-state index in [9.17, 15) is 4.79 Å². The van der Waals surface area contributed by atoms with Crippen LogP contribution in [0, 0.1) is 0 Å². The highest BCUT2D eigenvalue weighted by Crippen LogP contribution is 2.27. The van der Waals surface area contributed by atoms with Gasteiger partial charge in [0, 0.05) is 11.3 Å². The summed E-state index contributed by atoms with van der Waals surface area (Å²) in [5.74, 6) is 0. The van der Waals surface area contributed by atoms with E-state index in [-0.39, 0.29) is 6.08 Å². The Morgan fingerprint density at radius 2 is 2.05 bits per heavy atom. The van der Waals surface area contributed by atoms with Crippen LogP contribution in [-0.2, 0) is 12.8 Å². The fraction of sp³-hybridized carbons (Fsp3) is 0.429. The Labute approximate surface area is 111 Å². The van der Waals surface area contributed by atoms with Crippen molar-refractivity contribution < 1.29 is 9.15 Å². The molecule has 0 amide bonds. The van der Waals surface area contributed by atoms with Gasteiger partial charge < -0.3 is 14.9 Å². The Morgan fingerprint density at radius 1 is 1.32 bits per heavy atom. The van der Waals surface area contributed by atoms with Crippen LogP contribution in [0.25, 0.3) is 10.9 Å². The summed E-state index contributed by atoms with van der Waals surface area (Å²) in [5, 5.41) is 0.511. The van der Waals surface area contributed by atoms with Crippen molar-refractivity contribution in [3.8, 4) is 6.08 Å². The van der Waals surface area contributed by atoms with Crippen molar-refractivity contribution in [2.45, 2.75) is 33.6 Å². The zero-order chi connectivity index (χ0) is 14.0. The molecule has 0 aliphatic carbocycles. The van der Waals surface area contributed by atoms with Crippen molar-refractivity contribution in [2.24, 2.45) is 0 Å². The molecule has 2 rings (SSSR count). The quantitative estimate of drug-likeness (QED) is 0.855. The average Bonchev–Trinajstić information content (AvgIpc) is 2.37. The Kier molecular flexibility index (Phi) is 3.74. The summed E-state index contributed by atoms with van der Waals surface area (Å²) in [6, 6.07) is 1.83. The molecule has 1 heterocycles. The number of nitrogens with zero attached hydrogens (tertiary/aromatic N) is 1. The van der Waals surface area contributed by atoms with E-state index in [0.717, 1.165) is 11.1 Å². The minimum Gasteiger partial charge on any atom is -0.450 e. The predicted molar refractivity (Wildman–Crippen MR) is 74.6 cm³/mol. The summed E-state index contributed by atoms with van der Waals surface area (Å²) < 4.78 is 10.3. The van der Waals surface area contributed by atoms with E-state index in [1.54, 1.807) is 0 Å². The first-order valence-electron chi connectivity index (χ1n) is 6.50. The summed E-state index contributed by atoms with van der Waals surface area (Å²) in [6.45, 7) is 6.15. The van der Waals surface area contributed by atoms with Crippen LogP contribution in [0.1, 0.15) is 31.9 Å². The molecule has 2 N–H and O–H groups in total. The van der Waals surface area contributed by atoms with Gasteiger partial charge in [-0.3, -0.25) is 0 Å². The first-order chi connectivity index (χ1) is 9.12. The van der Waals surface area contributed by atoms with E-state index in [4.69, 9.17) is 14.9 Å². The van der Waals surface area contributed by atoms with Gasteiger partial charge in [-0.25, -0.2) is 4.79 Å². The number of nitrogen functional groups attached to an aromatic ring is 1. The van der Waals surface area contributed by atoms with Crippen LogP contribution in [-0.4, -0.2) is 11.6 Å². The molecule has 1 aromatic carbocycles. The van der Waals surface area contributed by atoms with Gasteiger partial charge in [-0.1, -0.05) is 13.8 Å². The van der Waals surface area contributed by atoms with Crippen LogP contribution in [0.5, 0.6) is 6.08 Å². The number of hydrogen-bond acceptors (Lipinski definition) is 5. The molecular formula is C14H18N2O3. The number of fused-ring (bicyclic) bond motifs is 1. The van der Waals surface area contributed by atoms with Crippen molar-refractivity contribution in [1.29, 1.82) is 0 Å². The van der Waals surface area contributed by atoms with Gasteiger partial charge in [-0.2, -0.15) is 4.98 Å². The fourth-order valence-electron chi connectivity index (χ4n) is 2.22. The normalized spacial score (nSPS) is 10.9. The van der Waals surface area contributed by atoms with Crippen molar-refractivity contribution in [3.05, 3.63) is 27.6 Å². The van der Waals surface area contributed by atoms with Gasteiger partial charge >= 0.3 is 11.7 Å². The minimum absolute atomic E-state index is 0.00218. The van der Waals surface area contributed by atoms with Gasteiger partial charge in [0.25, 0.3) is 0 Å². The van der Waals surface area contributed by atoms with Crippen LogP contribution in [0.4, 0.5) is 5.69 Å². The van der Waals surface area contributed by atoms with E-state index in [0.29, 0.717) is 36.0 Å². The third-order valence-electron chi connectivity index (χ3n) is 3.11. The van der Waals surface area contributed by atoms with Gasteiger partial charge in [0.15, 0.2) is 0 Å². The van der Waals surface area contributed by atoms with Crippen LogP contribution >= 0.6 is 0 Å². The average molecular weight is 262 g/mol. The number of aromatic nitrogens is 1. The Hall–Kier alpha value is -2.04. The molecule has 0 saturated carbocycles. The number of anilines is 1. The molecule has 5 nitrogen and oxygen atoms in total. The second kappa shape index (κ2) is 5.30. The zero-order valence-corrected chi connectivity index (χ0v) is 11.4. The summed E-state index contributed by atoms with van der Waals surface area (Å²) in [6.07, 6.45) is 1.40. The van der Waals surface area contributed by atoms with E-state index in [2.05, 4.69) is 4.98 Å². The van der Waals surface area contributed by atoms with Crippen molar-refractivity contribution in [3.63, 3.8) is 0 Å². The fourth-order valence-corrected chi connectivity index (χ4v) is 2.22. The van der Waals surface area contributed by atoms with Gasteiger partial charge in [0.1, 0.15) is 0 Å². The maximum Gasteiger partial charge on any atom is 0.397 e. The van der Waals surface area contributed by atoms with Gasteiger partial charge in [-0.05, 0) is 31.4 Å². The molecule has 2 aromatic rings. The SMILES string of the molecule is CCOc1nc2c(CC)c(N)cc(CC)c2c(=O)o1. The van der Waals surface area contributed by atoms with Crippen molar-refractivity contribution >= 4 is 16.6 Å². The van der Waals surface area contributed by atoms with Crippen LogP contribution < -0.4 is 16.1 Å². The number of rotatable bonds is 4. The lowest BCUT2D eigenvalue weighted by atomic mass is 10.00. The highest BCUT2D eigenvalue weighted by molar-refractivity contribution is 5.88. The molecular weight excluding hydrogens is 244 g/mol. The maximum absolute atomic E-state index is 12.1. The molecule has 0 radical (unpaired) electrons. The molecule has 1 aromatic heterocycles. The third kappa shape index (κ3) is 2.28. The molecule has 0 aliphatic rings. The smallest absolute Gasteiger partial charge is 0.397 e. The lowest BCUT2D eigenvalue weighted by Gasteiger charge is -2.11. The van der Waals surface area contributed by atoms with Gasteiger partial charge in [0.05, 0.1) is 17.5 Å². The molecule has 0 bridgehead atoms. The molecule has 0 spiro atoms. The number of ether oxygens (including phenoxy) is 1. The van der Waals surface area contributed by atoms with Crippen molar-refractivity contribution in [2.75, 3.05) is 12.3 Å². The largest absolute Gasteiger partial charge is 0.450 e. The zero-order valence-electron chi connectivity index (χ0n) is 11.4. The molecule has 0 saturated heterocycles. The number of hydrogen-bond donors (Lipinski definition) is 1. The Bertz CT molecular complexity index is 662. The Balaban J connectivity index is 2.87. The van der Waals surface area contributed by atoms with E-state index >= 15 is 0 Å². The number of benzene rings is 1. The molecule has 19 heavy (non-hydrogen) atoms. The summed E-state index contributed by atoms with van der Waals surface area (Å²) >= 11 is 0. The third-order valence-corrected chi connectivity index (χ3v) is 3.11. The van der Waals surface area contributed by atoms with Crippen LogP contribution in [0.15, 0.2) is 15.3 Å². The first kappa shape index (κ1) is 13.4. The highest BCUT2D eigenvalue weighted by atomic mass is 16.6. The van der Waals surface area contributed by atoms with Crippen LogP contribution in [0.2, 0.25) is 0 Å². The lowest BCUT2D eigenvalue weighted by molar-refractivity contribution is 0.229. The molecule has 0 atom stereocenters. The summed E-state index contributed by atoms with van der Waals surface area (Å²) in [7, 11) is 0. The number of nitrogens with two attached hydrogens (primary N) is 1. The van der Waals surface area contributed by atoms with E-state index in [1.165, 1.54) is 0 Å². The van der Waals surface area contributed by atoms with Crippen LogP contribution in [0.3, 0.4) is 0 Å². The second-order valence-corrected chi connectivity index (χ2v) is 4.23. The van der Waals surface area contributed by atoms with Gasteiger partial charge in [-0.15, -0.1) is 0 Å². The Morgan fingerprint density at radius 3 is 2.63 bits per heavy atom. The number of aryl methyl sites for hydroxylation is 2. The maximum atomic E-state index is 12.1. The van der Waals surface area contributed by atoms with E-state index < -0.39 is 5.63 Å². The molecule has 0 fully saturated rings. The second-order valence-electron chi connectivity index (χ2n) is 4.23. The van der Waals surface area contributed by atoms with Gasteiger partial charge in [0.2, 0.25) is 0 Å². The monoisotopic (exact) mass is 262 g/mol. The lowest BCUT2D eigenvalue weighted by Crippen LogP contribution is -2.10. The topological polar surface area (TPSA) is 78.4 Å². The molecule has 5 heteroatoms. The van der Waals surface area contributed by atoms with Crippen molar-refractivity contribution in [1.82, 2.24) is 4.98 Å². The first-order valence-corrected chi connectivity index (χ1v) is 6.50. The van der Waals surface area contributed by atoms with E-state index in [1.807, 2.05) is 26.8 Å². The highest BCUT2D eigenvalue weighted by Gasteiger charge is 2.16. The predicted octanol–water partition coefficient (Wildman–Crippen LogP) is 2.29. The minimum atomic E-state index is -0.417. The standard InChI is InChI=1S/C14H18N2O3/c1-4-8-7-10(15)9(5-2)12-11(8)13(17)19-14(16-12)18-6-3/h7H,4-6,15H2,1-3H3. The summed E-state index contributed by atoms with van der Waals surface area (Å²) in [4.78, 5) is 16.4. The molecule has 102 valence electrons.